The lowest BCUT2D eigenvalue weighted by Gasteiger charge is -2.51. The summed E-state index contributed by atoms with van der Waals surface area (Å²) in [4.78, 5) is 5.86. The first-order chi connectivity index (χ1) is 17.6. The van der Waals surface area contributed by atoms with Gasteiger partial charge in [0.25, 0.3) is 6.01 Å². The number of nitrogens with one attached hydrogen (secondary N) is 1. The van der Waals surface area contributed by atoms with E-state index in [1.54, 1.807) is 4.90 Å². The standard InChI is InChI=1S/C25H28F5N3O4/c26-17-8-15(9-18(27)21(17)36-16-6-13-5-14(13)7-16)31-22(34)20-19(10-25(28,29)30)37-23(32-20)33-11-24(12-33)1-3-35-4-2-24/h8-9,13-14,16,22,31,34H,1-7,10-12H2. The number of hydrogen-bond acceptors (Lipinski definition) is 7. The van der Waals surface area contributed by atoms with Crippen LogP contribution in [0.4, 0.5) is 33.7 Å². The molecular weight excluding hydrogens is 501 g/mol. The van der Waals surface area contributed by atoms with Crippen LogP contribution in [-0.4, -0.2) is 48.7 Å². The van der Waals surface area contributed by atoms with Crippen LogP contribution >= 0.6 is 0 Å². The lowest BCUT2D eigenvalue weighted by molar-refractivity contribution is -0.130. The van der Waals surface area contributed by atoms with Crippen LogP contribution in [0.3, 0.4) is 0 Å². The van der Waals surface area contributed by atoms with E-state index in [9.17, 15) is 27.1 Å². The third kappa shape index (κ3) is 5.09. The molecule has 2 aromatic rings. The second-order valence-corrected chi connectivity index (χ2v) is 10.8. The van der Waals surface area contributed by atoms with Gasteiger partial charge < -0.3 is 29.2 Å². The Balaban J connectivity index is 1.17. The first-order valence-electron chi connectivity index (χ1n) is 12.6. The number of hydrogen-bond donors (Lipinski definition) is 2. The monoisotopic (exact) mass is 529 g/mol. The minimum atomic E-state index is -4.61. The van der Waals surface area contributed by atoms with Crippen LogP contribution in [-0.2, 0) is 11.2 Å². The highest BCUT2D eigenvalue weighted by molar-refractivity contribution is 5.50. The number of oxazole rings is 1. The molecule has 2 saturated carbocycles. The normalized spacial score (nSPS) is 27.1. The van der Waals surface area contributed by atoms with Gasteiger partial charge in [-0.2, -0.15) is 18.2 Å². The second-order valence-electron chi connectivity index (χ2n) is 10.8. The minimum Gasteiger partial charge on any atom is -0.484 e. The lowest BCUT2D eigenvalue weighted by Crippen LogP contribution is -2.58. The molecule has 4 aliphatic rings. The summed E-state index contributed by atoms with van der Waals surface area (Å²) in [5.74, 6) is -1.83. The van der Waals surface area contributed by atoms with Crippen molar-refractivity contribution >= 4 is 11.7 Å². The molecule has 6 rings (SSSR count). The van der Waals surface area contributed by atoms with Crippen LogP contribution in [0.5, 0.6) is 5.75 Å². The number of fused-ring (bicyclic) bond motifs is 1. The molecule has 3 heterocycles. The van der Waals surface area contributed by atoms with Gasteiger partial charge in [-0.15, -0.1) is 0 Å². The van der Waals surface area contributed by atoms with Crippen molar-refractivity contribution in [3.63, 3.8) is 0 Å². The number of rotatable bonds is 7. The molecule has 0 amide bonds. The summed E-state index contributed by atoms with van der Waals surface area (Å²) < 4.78 is 85.4. The molecule has 7 nitrogen and oxygen atoms in total. The van der Waals surface area contributed by atoms with Crippen LogP contribution in [0.25, 0.3) is 0 Å². The molecule has 0 radical (unpaired) electrons. The van der Waals surface area contributed by atoms with E-state index in [4.69, 9.17) is 13.9 Å². The van der Waals surface area contributed by atoms with Gasteiger partial charge in [0.15, 0.2) is 23.6 Å². The largest absolute Gasteiger partial charge is 0.484 e. The van der Waals surface area contributed by atoms with E-state index in [1.807, 2.05) is 0 Å². The number of aliphatic hydroxyl groups excluding tert-OH is 1. The zero-order valence-corrected chi connectivity index (χ0v) is 20.0. The molecule has 3 atom stereocenters. The second kappa shape index (κ2) is 9.00. The summed E-state index contributed by atoms with van der Waals surface area (Å²) >= 11 is 0. The van der Waals surface area contributed by atoms with Gasteiger partial charge in [0.1, 0.15) is 17.9 Å². The highest BCUT2D eigenvalue weighted by Gasteiger charge is 2.48. The van der Waals surface area contributed by atoms with Gasteiger partial charge in [0.05, 0.1) is 6.10 Å². The van der Waals surface area contributed by atoms with Crippen molar-refractivity contribution in [2.75, 3.05) is 36.5 Å². The molecule has 2 N–H and O–H groups in total. The first kappa shape index (κ1) is 24.7. The van der Waals surface area contributed by atoms with E-state index in [2.05, 4.69) is 10.3 Å². The maximum atomic E-state index is 14.7. The van der Waals surface area contributed by atoms with Gasteiger partial charge in [0.2, 0.25) is 0 Å². The Morgan fingerprint density at radius 2 is 1.76 bits per heavy atom. The van der Waals surface area contributed by atoms with Crippen molar-refractivity contribution in [3.8, 4) is 5.75 Å². The average molecular weight is 530 g/mol. The number of benzene rings is 1. The van der Waals surface area contributed by atoms with E-state index in [0.717, 1.165) is 44.2 Å². The third-order valence-electron chi connectivity index (χ3n) is 8.00. The maximum absolute atomic E-state index is 14.7. The van der Waals surface area contributed by atoms with Crippen molar-refractivity contribution in [1.82, 2.24) is 4.98 Å². The molecule has 0 bridgehead atoms. The van der Waals surface area contributed by atoms with Gasteiger partial charge in [-0.25, -0.2) is 8.78 Å². The van der Waals surface area contributed by atoms with Gasteiger partial charge in [-0.3, -0.25) is 0 Å². The zero-order valence-electron chi connectivity index (χ0n) is 20.0. The van der Waals surface area contributed by atoms with Crippen LogP contribution in [0, 0.1) is 28.9 Å². The molecule has 1 spiro atoms. The number of nitrogens with zero attached hydrogens (tertiary/aromatic N) is 2. The highest BCUT2D eigenvalue weighted by atomic mass is 19.4. The molecule has 12 heteroatoms. The molecule has 4 fully saturated rings. The topological polar surface area (TPSA) is 80.0 Å². The van der Waals surface area contributed by atoms with Crippen molar-refractivity contribution in [3.05, 3.63) is 35.2 Å². The van der Waals surface area contributed by atoms with Crippen molar-refractivity contribution in [2.45, 2.75) is 57.0 Å². The van der Waals surface area contributed by atoms with Gasteiger partial charge in [0, 0.05) is 49.5 Å². The summed E-state index contributed by atoms with van der Waals surface area (Å²) in [6.45, 7) is 2.38. The van der Waals surface area contributed by atoms with E-state index in [-0.39, 0.29) is 28.9 Å². The van der Waals surface area contributed by atoms with E-state index >= 15 is 0 Å². The van der Waals surface area contributed by atoms with Crippen molar-refractivity contribution < 1.29 is 40.9 Å². The quantitative estimate of drug-likeness (QED) is 0.388. The molecule has 3 unspecified atom stereocenters. The Hall–Kier alpha value is -2.60. The zero-order chi connectivity index (χ0) is 25.9. The van der Waals surface area contributed by atoms with Crippen LogP contribution in [0.1, 0.15) is 49.8 Å². The summed E-state index contributed by atoms with van der Waals surface area (Å²) in [6, 6.07) is 1.85. The average Bonchev–Trinajstić information content (AvgIpc) is 3.20. The molecule has 202 valence electrons. The van der Waals surface area contributed by atoms with Gasteiger partial charge >= 0.3 is 6.18 Å². The lowest BCUT2D eigenvalue weighted by atomic mass is 9.74. The first-order valence-corrected chi connectivity index (χ1v) is 12.6. The van der Waals surface area contributed by atoms with Crippen molar-refractivity contribution in [2.24, 2.45) is 17.3 Å². The highest BCUT2D eigenvalue weighted by Crippen LogP contribution is 2.53. The Morgan fingerprint density at radius 3 is 2.38 bits per heavy atom. The third-order valence-corrected chi connectivity index (χ3v) is 8.00. The van der Waals surface area contributed by atoms with E-state index < -0.39 is 42.0 Å². The molecule has 1 aromatic heterocycles. The molecule has 2 aliphatic carbocycles. The molecule has 1 aromatic carbocycles. The SMILES string of the molecule is OC(Nc1cc(F)c(OC2CC3CC3C2)c(F)c1)c1nc(N2CC3(CCOCC3)C2)oc1CC(F)(F)F. The minimum absolute atomic E-state index is 0.0196. The summed E-state index contributed by atoms with van der Waals surface area (Å²) in [5.41, 5.74) is -0.533. The number of ether oxygens (including phenoxy) is 2. The van der Waals surface area contributed by atoms with Crippen LogP contribution in [0.15, 0.2) is 16.5 Å². The Labute approximate surface area is 209 Å². The van der Waals surface area contributed by atoms with Crippen molar-refractivity contribution in [1.29, 1.82) is 0 Å². The fourth-order valence-electron chi connectivity index (χ4n) is 5.93. The Morgan fingerprint density at radius 1 is 1.11 bits per heavy atom. The summed E-state index contributed by atoms with van der Waals surface area (Å²) in [7, 11) is 0. The number of aliphatic hydroxyl groups is 1. The molecule has 2 aliphatic heterocycles. The van der Waals surface area contributed by atoms with Crippen LogP contribution < -0.4 is 15.0 Å². The van der Waals surface area contributed by atoms with E-state index in [1.165, 1.54) is 0 Å². The van der Waals surface area contributed by atoms with Gasteiger partial charge in [-0.1, -0.05) is 0 Å². The predicted molar refractivity (Wildman–Crippen MR) is 121 cm³/mol. The molecule has 37 heavy (non-hydrogen) atoms. The number of aromatic nitrogens is 1. The number of halogens is 5. The Kier molecular flexibility index (Phi) is 6.02. The number of anilines is 2. The van der Waals surface area contributed by atoms with Gasteiger partial charge in [-0.05, 0) is 43.9 Å². The van der Waals surface area contributed by atoms with E-state index in [0.29, 0.717) is 38.1 Å². The number of alkyl halides is 3. The van der Waals surface area contributed by atoms with Crippen LogP contribution in [0.2, 0.25) is 0 Å². The summed E-state index contributed by atoms with van der Waals surface area (Å²) in [6.07, 6.45) is -3.72. The predicted octanol–water partition coefficient (Wildman–Crippen LogP) is 4.95. The molecule has 2 saturated heterocycles. The smallest absolute Gasteiger partial charge is 0.396 e. The molecular formula is C25H28F5N3O4. The fraction of sp³-hybridized carbons (Fsp3) is 0.640. The Bertz CT molecular complexity index is 1120. The summed E-state index contributed by atoms with van der Waals surface area (Å²) in [5, 5.41) is 13.1. The maximum Gasteiger partial charge on any atom is 0.396 e. The fourth-order valence-corrected chi connectivity index (χ4v) is 5.93.